The van der Waals surface area contributed by atoms with Crippen molar-refractivity contribution in [2.75, 3.05) is 0 Å². The van der Waals surface area contributed by atoms with Crippen LogP contribution in [0.4, 0.5) is 0 Å². The van der Waals surface area contributed by atoms with E-state index >= 15 is 0 Å². The van der Waals surface area contributed by atoms with Crippen molar-refractivity contribution < 1.29 is 14.7 Å². The van der Waals surface area contributed by atoms with Crippen LogP contribution < -0.4 is 0 Å². The standard InChI is InChI=1S/C13H9NO3/c15-8-9-3-1-4-10(7-9)11-5-2-6-14-12(11)13(16)17/h1-8H,(H,16,17). The van der Waals surface area contributed by atoms with Crippen molar-refractivity contribution in [2.24, 2.45) is 0 Å². The molecule has 0 saturated carbocycles. The number of carboxylic acids is 1. The van der Waals surface area contributed by atoms with Crippen molar-refractivity contribution in [2.45, 2.75) is 0 Å². The van der Waals surface area contributed by atoms with Gasteiger partial charge in [-0.15, -0.1) is 0 Å². The number of carboxylic acid groups (broad SMARTS) is 1. The summed E-state index contributed by atoms with van der Waals surface area (Å²) in [5.41, 5.74) is 1.65. The highest BCUT2D eigenvalue weighted by Gasteiger charge is 2.12. The number of nitrogens with zero attached hydrogens (tertiary/aromatic N) is 1. The summed E-state index contributed by atoms with van der Waals surface area (Å²) in [5.74, 6) is -1.09. The van der Waals surface area contributed by atoms with Gasteiger partial charge in [-0.3, -0.25) is 4.79 Å². The van der Waals surface area contributed by atoms with Crippen LogP contribution in [0.2, 0.25) is 0 Å². The fourth-order valence-electron chi connectivity index (χ4n) is 1.59. The van der Waals surface area contributed by atoms with Crippen LogP contribution in [-0.4, -0.2) is 22.3 Å². The van der Waals surface area contributed by atoms with E-state index in [0.29, 0.717) is 16.7 Å². The molecule has 1 heterocycles. The lowest BCUT2D eigenvalue weighted by atomic mass is 10.0. The predicted octanol–water partition coefficient (Wildman–Crippen LogP) is 2.26. The molecular weight excluding hydrogens is 218 g/mol. The summed E-state index contributed by atoms with van der Waals surface area (Å²) in [6, 6.07) is 10.1. The molecule has 0 fully saturated rings. The Balaban J connectivity index is 2.59. The number of hydrogen-bond acceptors (Lipinski definition) is 3. The summed E-state index contributed by atoms with van der Waals surface area (Å²) in [6.45, 7) is 0. The first kappa shape index (κ1) is 11.0. The van der Waals surface area contributed by atoms with E-state index in [-0.39, 0.29) is 5.69 Å². The van der Waals surface area contributed by atoms with Crippen molar-refractivity contribution in [3.63, 3.8) is 0 Å². The van der Waals surface area contributed by atoms with Gasteiger partial charge in [-0.25, -0.2) is 9.78 Å². The first-order chi connectivity index (χ1) is 8.22. The summed E-state index contributed by atoms with van der Waals surface area (Å²) in [4.78, 5) is 25.5. The number of hydrogen-bond donors (Lipinski definition) is 1. The second kappa shape index (κ2) is 4.57. The molecule has 1 aromatic heterocycles. The van der Waals surface area contributed by atoms with Gasteiger partial charge in [-0.2, -0.15) is 0 Å². The second-order valence-electron chi connectivity index (χ2n) is 3.45. The van der Waals surface area contributed by atoms with Crippen LogP contribution in [-0.2, 0) is 0 Å². The molecular formula is C13H9NO3. The smallest absolute Gasteiger partial charge is 0.355 e. The normalized spacial score (nSPS) is 9.88. The largest absolute Gasteiger partial charge is 0.476 e. The molecule has 17 heavy (non-hydrogen) atoms. The van der Waals surface area contributed by atoms with Crippen molar-refractivity contribution in [1.82, 2.24) is 4.98 Å². The van der Waals surface area contributed by atoms with Gasteiger partial charge in [0.05, 0.1) is 0 Å². The Morgan fingerprint density at radius 3 is 2.76 bits per heavy atom. The van der Waals surface area contributed by atoms with Gasteiger partial charge in [0.1, 0.15) is 6.29 Å². The Labute approximate surface area is 97.6 Å². The third-order valence-corrected chi connectivity index (χ3v) is 2.34. The summed E-state index contributed by atoms with van der Waals surface area (Å²) >= 11 is 0. The molecule has 2 aromatic rings. The number of aldehydes is 1. The Morgan fingerprint density at radius 2 is 2.06 bits per heavy atom. The van der Waals surface area contributed by atoms with E-state index in [9.17, 15) is 9.59 Å². The number of aromatic nitrogens is 1. The van der Waals surface area contributed by atoms with Crippen molar-refractivity contribution in [3.05, 3.63) is 53.9 Å². The van der Waals surface area contributed by atoms with E-state index in [2.05, 4.69) is 4.98 Å². The van der Waals surface area contributed by atoms with E-state index in [4.69, 9.17) is 5.11 Å². The molecule has 0 aliphatic rings. The first-order valence-electron chi connectivity index (χ1n) is 4.96. The summed E-state index contributed by atoms with van der Waals surface area (Å²) in [7, 11) is 0. The van der Waals surface area contributed by atoms with Gasteiger partial charge in [0, 0.05) is 17.3 Å². The number of rotatable bonds is 3. The quantitative estimate of drug-likeness (QED) is 0.816. The minimum atomic E-state index is -1.09. The minimum absolute atomic E-state index is 0.0180. The molecule has 0 unspecified atom stereocenters. The van der Waals surface area contributed by atoms with Crippen LogP contribution in [0.1, 0.15) is 20.8 Å². The molecule has 0 atom stereocenters. The van der Waals surface area contributed by atoms with Crippen LogP contribution >= 0.6 is 0 Å². The molecule has 1 aromatic carbocycles. The predicted molar refractivity (Wildman–Crippen MR) is 62.0 cm³/mol. The lowest BCUT2D eigenvalue weighted by Crippen LogP contribution is -2.02. The van der Waals surface area contributed by atoms with E-state index in [0.717, 1.165) is 6.29 Å². The maximum absolute atomic E-state index is 11.0. The summed E-state index contributed by atoms with van der Waals surface area (Å²) in [6.07, 6.45) is 2.15. The van der Waals surface area contributed by atoms with Gasteiger partial charge < -0.3 is 5.11 Å². The molecule has 0 aliphatic heterocycles. The van der Waals surface area contributed by atoms with E-state index < -0.39 is 5.97 Å². The van der Waals surface area contributed by atoms with E-state index in [1.807, 2.05) is 0 Å². The molecule has 2 rings (SSSR count). The second-order valence-corrected chi connectivity index (χ2v) is 3.45. The molecule has 0 radical (unpaired) electrons. The van der Waals surface area contributed by atoms with Gasteiger partial charge in [-0.05, 0) is 17.7 Å². The number of aromatic carboxylic acids is 1. The van der Waals surface area contributed by atoms with Gasteiger partial charge in [0.15, 0.2) is 5.69 Å². The van der Waals surface area contributed by atoms with E-state index in [1.165, 1.54) is 6.20 Å². The van der Waals surface area contributed by atoms with Gasteiger partial charge in [-0.1, -0.05) is 24.3 Å². The highest BCUT2D eigenvalue weighted by molar-refractivity contribution is 5.94. The fourth-order valence-corrected chi connectivity index (χ4v) is 1.59. The van der Waals surface area contributed by atoms with Crippen molar-refractivity contribution in [3.8, 4) is 11.1 Å². The zero-order chi connectivity index (χ0) is 12.3. The Morgan fingerprint density at radius 1 is 1.24 bits per heavy atom. The molecule has 4 nitrogen and oxygen atoms in total. The van der Waals surface area contributed by atoms with Gasteiger partial charge >= 0.3 is 5.97 Å². The van der Waals surface area contributed by atoms with Gasteiger partial charge in [0.2, 0.25) is 0 Å². The average molecular weight is 227 g/mol. The van der Waals surface area contributed by atoms with E-state index in [1.54, 1.807) is 36.4 Å². The molecule has 0 aliphatic carbocycles. The molecule has 0 amide bonds. The van der Waals surface area contributed by atoms with Crippen LogP contribution in [0, 0.1) is 0 Å². The zero-order valence-electron chi connectivity index (χ0n) is 8.83. The average Bonchev–Trinajstić information content (AvgIpc) is 2.39. The number of carbonyl (C=O) groups excluding carboxylic acids is 1. The third kappa shape index (κ3) is 2.20. The molecule has 84 valence electrons. The summed E-state index contributed by atoms with van der Waals surface area (Å²) < 4.78 is 0. The maximum atomic E-state index is 11.0. The summed E-state index contributed by atoms with van der Waals surface area (Å²) in [5, 5.41) is 9.02. The Hall–Kier alpha value is -2.49. The molecule has 4 heteroatoms. The molecule has 1 N–H and O–H groups in total. The number of benzene rings is 1. The lowest BCUT2D eigenvalue weighted by molar-refractivity contribution is 0.0691. The van der Waals surface area contributed by atoms with Crippen LogP contribution in [0.25, 0.3) is 11.1 Å². The van der Waals surface area contributed by atoms with Crippen molar-refractivity contribution in [1.29, 1.82) is 0 Å². The lowest BCUT2D eigenvalue weighted by Gasteiger charge is -2.05. The Bertz CT molecular complexity index is 578. The fraction of sp³-hybridized carbons (Fsp3) is 0. The molecule has 0 spiro atoms. The SMILES string of the molecule is O=Cc1cccc(-c2cccnc2C(=O)O)c1. The Kier molecular flexibility index (Phi) is 2.96. The van der Waals surface area contributed by atoms with Crippen LogP contribution in [0.15, 0.2) is 42.6 Å². The third-order valence-electron chi connectivity index (χ3n) is 2.34. The molecule has 0 saturated heterocycles. The van der Waals surface area contributed by atoms with Gasteiger partial charge in [0.25, 0.3) is 0 Å². The minimum Gasteiger partial charge on any atom is -0.476 e. The monoisotopic (exact) mass is 227 g/mol. The first-order valence-corrected chi connectivity index (χ1v) is 4.96. The highest BCUT2D eigenvalue weighted by Crippen LogP contribution is 2.22. The number of carbonyl (C=O) groups is 2. The highest BCUT2D eigenvalue weighted by atomic mass is 16.4. The van der Waals surface area contributed by atoms with Crippen LogP contribution in [0.5, 0.6) is 0 Å². The number of pyridine rings is 1. The van der Waals surface area contributed by atoms with Crippen molar-refractivity contribution >= 4 is 12.3 Å². The van der Waals surface area contributed by atoms with Crippen LogP contribution in [0.3, 0.4) is 0 Å². The molecule has 0 bridgehead atoms. The topological polar surface area (TPSA) is 67.3 Å². The zero-order valence-corrected chi connectivity index (χ0v) is 8.83. The maximum Gasteiger partial charge on any atom is 0.355 e.